The molecule has 160 valence electrons. The van der Waals surface area contributed by atoms with Gasteiger partial charge >= 0.3 is 5.69 Å². The molecule has 0 bridgehead atoms. The van der Waals surface area contributed by atoms with Gasteiger partial charge in [0.2, 0.25) is 5.13 Å². The molecule has 0 aliphatic rings. The fourth-order valence-corrected chi connectivity index (χ4v) is 4.17. The Bertz CT molecular complexity index is 1200. The van der Waals surface area contributed by atoms with E-state index in [0.29, 0.717) is 34.1 Å². The Kier molecular flexibility index (Phi) is 6.16. The van der Waals surface area contributed by atoms with Gasteiger partial charge in [-0.2, -0.15) is 10.2 Å². The molecule has 0 radical (unpaired) electrons. The van der Waals surface area contributed by atoms with Crippen LogP contribution in [-0.4, -0.2) is 34.7 Å². The van der Waals surface area contributed by atoms with Crippen molar-refractivity contribution in [3.8, 4) is 0 Å². The zero-order valence-electron chi connectivity index (χ0n) is 16.1. The van der Waals surface area contributed by atoms with E-state index in [-0.39, 0.29) is 11.6 Å². The molecule has 13 heteroatoms. The predicted octanol–water partition coefficient (Wildman–Crippen LogP) is 4.74. The van der Waals surface area contributed by atoms with Crippen molar-refractivity contribution in [2.24, 2.45) is 0 Å². The van der Waals surface area contributed by atoms with Crippen LogP contribution in [-0.2, 0) is 13.1 Å². The van der Waals surface area contributed by atoms with E-state index in [1.165, 1.54) is 28.4 Å². The van der Waals surface area contributed by atoms with Gasteiger partial charge in [-0.1, -0.05) is 47.5 Å². The van der Waals surface area contributed by atoms with Crippen LogP contribution >= 0.6 is 34.5 Å². The Morgan fingerprint density at radius 2 is 2.00 bits per heavy atom. The number of anilines is 2. The highest BCUT2D eigenvalue weighted by atomic mass is 35.5. The van der Waals surface area contributed by atoms with E-state index in [2.05, 4.69) is 25.7 Å². The number of benzene rings is 1. The molecule has 3 heterocycles. The minimum atomic E-state index is -0.472. The molecule has 0 amide bonds. The van der Waals surface area contributed by atoms with E-state index in [1.54, 1.807) is 22.9 Å². The highest BCUT2D eigenvalue weighted by Gasteiger charge is 2.16. The molecule has 1 aromatic carbocycles. The molecule has 1 unspecified atom stereocenters. The van der Waals surface area contributed by atoms with Crippen molar-refractivity contribution in [1.82, 2.24) is 29.8 Å². The second-order valence-electron chi connectivity index (χ2n) is 6.75. The first kappa shape index (κ1) is 21.2. The molecule has 4 rings (SSSR count). The first-order chi connectivity index (χ1) is 14.9. The van der Waals surface area contributed by atoms with Crippen LogP contribution in [0.5, 0.6) is 0 Å². The maximum atomic E-state index is 10.8. The third kappa shape index (κ3) is 5.01. The number of hydrogen-bond acceptors (Lipinski definition) is 8. The Labute approximate surface area is 190 Å². The molecule has 0 saturated carbocycles. The van der Waals surface area contributed by atoms with Crippen molar-refractivity contribution >= 4 is 51.2 Å². The molecule has 1 N–H and O–H groups in total. The van der Waals surface area contributed by atoms with Gasteiger partial charge < -0.3 is 5.32 Å². The van der Waals surface area contributed by atoms with Crippen LogP contribution in [0.1, 0.15) is 23.4 Å². The molecule has 31 heavy (non-hydrogen) atoms. The molecule has 0 saturated heterocycles. The normalized spacial score (nSPS) is 12.1. The maximum absolute atomic E-state index is 10.8. The van der Waals surface area contributed by atoms with Gasteiger partial charge in [0.25, 0.3) is 0 Å². The molecule has 0 aliphatic heterocycles. The van der Waals surface area contributed by atoms with Crippen molar-refractivity contribution in [2.45, 2.75) is 25.9 Å². The van der Waals surface area contributed by atoms with Crippen LogP contribution in [0, 0.1) is 10.1 Å². The molecule has 3 aromatic heterocycles. The van der Waals surface area contributed by atoms with Crippen LogP contribution in [0.15, 0.2) is 42.9 Å². The smallest absolute Gasteiger partial charge is 0.306 e. The van der Waals surface area contributed by atoms with Crippen molar-refractivity contribution in [3.63, 3.8) is 0 Å². The average Bonchev–Trinajstić information content (AvgIpc) is 3.46. The third-order valence-corrected chi connectivity index (χ3v) is 6.19. The Morgan fingerprint density at radius 1 is 1.23 bits per heavy atom. The summed E-state index contributed by atoms with van der Waals surface area (Å²) in [5, 5.41) is 33.3. The van der Waals surface area contributed by atoms with E-state index in [1.807, 2.05) is 19.2 Å². The van der Waals surface area contributed by atoms with Gasteiger partial charge in [-0.25, -0.2) is 0 Å². The fourth-order valence-electron chi connectivity index (χ4n) is 2.86. The summed E-state index contributed by atoms with van der Waals surface area (Å²) in [5.41, 5.74) is 0.756. The van der Waals surface area contributed by atoms with Crippen LogP contribution in [0.2, 0.25) is 10.0 Å². The Hall–Kier alpha value is -3.02. The van der Waals surface area contributed by atoms with Gasteiger partial charge in [-0.15, -0.1) is 10.2 Å². The number of nitrogens with zero attached hydrogens (tertiary/aromatic N) is 7. The molecule has 4 aromatic rings. The van der Waals surface area contributed by atoms with Gasteiger partial charge in [0.15, 0.2) is 5.82 Å². The standard InChI is InChI=1S/C18H16Cl2N8O2S/c1-11(8-27-9-12(7-21-27)28(29)30)17-23-24-18(31-17)22-16-5-6-26(25-16)10-13-14(19)3-2-4-15(13)20/h2-7,9,11H,8,10H2,1H3,(H,22,24,25). The summed E-state index contributed by atoms with van der Waals surface area (Å²) >= 11 is 13.8. The van der Waals surface area contributed by atoms with E-state index < -0.39 is 4.92 Å². The van der Waals surface area contributed by atoms with Crippen LogP contribution < -0.4 is 5.32 Å². The zero-order valence-corrected chi connectivity index (χ0v) is 18.5. The quantitative estimate of drug-likeness (QED) is 0.287. The van der Waals surface area contributed by atoms with Gasteiger partial charge in [0.1, 0.15) is 17.4 Å². The molecule has 1 atom stereocenters. The number of nitro groups is 1. The van der Waals surface area contributed by atoms with Crippen molar-refractivity contribution in [3.05, 3.63) is 73.6 Å². The van der Waals surface area contributed by atoms with Crippen molar-refractivity contribution in [2.75, 3.05) is 5.32 Å². The lowest BCUT2D eigenvalue weighted by molar-refractivity contribution is -0.385. The summed E-state index contributed by atoms with van der Waals surface area (Å²) in [7, 11) is 0. The van der Waals surface area contributed by atoms with Gasteiger partial charge in [-0.05, 0) is 12.1 Å². The lowest BCUT2D eigenvalue weighted by Crippen LogP contribution is -2.06. The third-order valence-electron chi connectivity index (χ3n) is 4.41. The summed E-state index contributed by atoms with van der Waals surface area (Å²) in [6, 6.07) is 7.19. The molecular weight excluding hydrogens is 463 g/mol. The largest absolute Gasteiger partial charge is 0.313 e. The monoisotopic (exact) mass is 478 g/mol. The first-order valence-corrected chi connectivity index (χ1v) is 10.7. The maximum Gasteiger partial charge on any atom is 0.306 e. The second-order valence-corrected chi connectivity index (χ2v) is 8.57. The number of rotatable bonds is 8. The van der Waals surface area contributed by atoms with Crippen molar-refractivity contribution in [1.29, 1.82) is 0 Å². The van der Waals surface area contributed by atoms with Gasteiger partial charge in [0.05, 0.1) is 18.0 Å². The lowest BCUT2D eigenvalue weighted by atomic mass is 10.2. The SMILES string of the molecule is CC(Cn1cc([N+](=O)[O-])cn1)c1nnc(Nc2ccn(Cc3c(Cl)cccc3Cl)n2)s1. The molecular formula is C18H16Cl2N8O2S. The predicted molar refractivity (Wildman–Crippen MR) is 118 cm³/mol. The van der Waals surface area contributed by atoms with Gasteiger partial charge in [0, 0.05) is 33.8 Å². The number of halogens is 2. The summed E-state index contributed by atoms with van der Waals surface area (Å²) < 4.78 is 3.25. The van der Waals surface area contributed by atoms with Crippen LogP contribution in [0.3, 0.4) is 0 Å². The first-order valence-electron chi connectivity index (χ1n) is 9.12. The number of nitrogens with one attached hydrogen (secondary N) is 1. The summed E-state index contributed by atoms with van der Waals surface area (Å²) in [5.74, 6) is 0.591. The summed E-state index contributed by atoms with van der Waals surface area (Å²) in [6.45, 7) is 2.85. The highest BCUT2D eigenvalue weighted by molar-refractivity contribution is 7.15. The van der Waals surface area contributed by atoms with E-state index in [4.69, 9.17) is 23.2 Å². The van der Waals surface area contributed by atoms with Crippen LogP contribution in [0.4, 0.5) is 16.6 Å². The van der Waals surface area contributed by atoms with E-state index >= 15 is 0 Å². The Balaban J connectivity index is 1.39. The Morgan fingerprint density at radius 3 is 2.71 bits per heavy atom. The fraction of sp³-hybridized carbons (Fsp3) is 0.222. The molecule has 0 aliphatic carbocycles. The molecule has 0 spiro atoms. The molecule has 10 nitrogen and oxygen atoms in total. The summed E-state index contributed by atoms with van der Waals surface area (Å²) in [4.78, 5) is 10.3. The lowest BCUT2D eigenvalue weighted by Gasteiger charge is -2.07. The average molecular weight is 479 g/mol. The van der Waals surface area contributed by atoms with Gasteiger partial charge in [-0.3, -0.25) is 19.5 Å². The number of hydrogen-bond donors (Lipinski definition) is 1. The zero-order chi connectivity index (χ0) is 22.0. The molecule has 0 fully saturated rings. The van der Waals surface area contributed by atoms with E-state index in [9.17, 15) is 10.1 Å². The highest BCUT2D eigenvalue weighted by Crippen LogP contribution is 2.28. The van der Waals surface area contributed by atoms with E-state index in [0.717, 1.165) is 10.6 Å². The number of aromatic nitrogens is 6. The minimum absolute atomic E-state index is 0.0209. The van der Waals surface area contributed by atoms with Crippen molar-refractivity contribution < 1.29 is 4.92 Å². The van der Waals surface area contributed by atoms with Crippen LogP contribution in [0.25, 0.3) is 0 Å². The summed E-state index contributed by atoms with van der Waals surface area (Å²) in [6.07, 6.45) is 4.44. The second kappa shape index (κ2) is 9.00. The topological polar surface area (TPSA) is 117 Å². The minimum Gasteiger partial charge on any atom is -0.313 e.